The van der Waals surface area contributed by atoms with Crippen LogP contribution in [0.5, 0.6) is 0 Å². The molecule has 1 aromatic rings. The van der Waals surface area contributed by atoms with Crippen molar-refractivity contribution in [2.45, 2.75) is 52.2 Å². The summed E-state index contributed by atoms with van der Waals surface area (Å²) >= 11 is 0. The number of nitrogens with zero attached hydrogens (tertiary/aromatic N) is 1. The number of hydrogen-bond donors (Lipinski definition) is 0. The number of esters is 1. The zero-order chi connectivity index (χ0) is 15.8. The summed E-state index contributed by atoms with van der Waals surface area (Å²) in [6, 6.07) is 1.70. The van der Waals surface area contributed by atoms with Crippen LogP contribution in [0.15, 0.2) is 12.3 Å². The van der Waals surface area contributed by atoms with Crippen LogP contribution in [-0.2, 0) is 20.5 Å². The molecule has 2 heterocycles. The molecule has 1 aliphatic rings. The van der Waals surface area contributed by atoms with Crippen molar-refractivity contribution in [2.75, 3.05) is 7.11 Å². The molecule has 2 rings (SSSR count). The lowest BCUT2D eigenvalue weighted by atomic mass is 9.75. The molecule has 1 aromatic heterocycles. The van der Waals surface area contributed by atoms with Crippen molar-refractivity contribution in [3.8, 4) is 0 Å². The molecule has 1 fully saturated rings. The van der Waals surface area contributed by atoms with Crippen LogP contribution < -0.4 is 5.46 Å². The monoisotopic (exact) mass is 291 g/mol. The maximum atomic E-state index is 11.7. The van der Waals surface area contributed by atoms with Crippen LogP contribution in [0.2, 0.25) is 0 Å². The van der Waals surface area contributed by atoms with E-state index in [-0.39, 0.29) is 5.69 Å². The van der Waals surface area contributed by atoms with Gasteiger partial charge in [0.2, 0.25) is 0 Å². The number of carbonyl (C=O) groups excluding carboxylic acids is 1. The van der Waals surface area contributed by atoms with E-state index < -0.39 is 24.3 Å². The van der Waals surface area contributed by atoms with Gasteiger partial charge in [-0.15, -0.1) is 0 Å². The minimum atomic E-state index is -0.503. The van der Waals surface area contributed by atoms with Gasteiger partial charge < -0.3 is 14.0 Å². The van der Waals surface area contributed by atoms with Gasteiger partial charge in [0.1, 0.15) is 5.69 Å². The van der Waals surface area contributed by atoms with Crippen molar-refractivity contribution >= 4 is 18.6 Å². The largest absolute Gasteiger partial charge is 0.495 e. The van der Waals surface area contributed by atoms with Gasteiger partial charge in [0.15, 0.2) is 0 Å². The number of carbonyl (C=O) groups is 1. The first-order valence-corrected chi connectivity index (χ1v) is 7.14. The molecule has 0 saturated carbocycles. The first kappa shape index (κ1) is 16.0. The number of pyridine rings is 1. The molecule has 1 saturated heterocycles. The third-order valence-electron chi connectivity index (χ3n) is 4.31. The van der Waals surface area contributed by atoms with Crippen molar-refractivity contribution in [1.82, 2.24) is 4.98 Å². The molecular formula is C15H22BNO4. The van der Waals surface area contributed by atoms with E-state index in [9.17, 15) is 4.79 Å². The third kappa shape index (κ3) is 2.83. The quantitative estimate of drug-likeness (QED) is 0.627. The highest BCUT2D eigenvalue weighted by atomic mass is 16.7. The van der Waals surface area contributed by atoms with Crippen molar-refractivity contribution < 1.29 is 18.8 Å². The van der Waals surface area contributed by atoms with Crippen molar-refractivity contribution in [1.29, 1.82) is 0 Å². The SMILES string of the molecule is CCc1cnc(C(=O)OC)cc1B1OC(C)(C)C(C)(C)O1. The Labute approximate surface area is 126 Å². The number of aryl methyl sites for hydroxylation is 1. The molecule has 114 valence electrons. The van der Waals surface area contributed by atoms with E-state index in [0.29, 0.717) is 0 Å². The topological polar surface area (TPSA) is 57.7 Å². The number of ether oxygens (including phenoxy) is 1. The molecule has 1 aliphatic heterocycles. The van der Waals surface area contributed by atoms with Gasteiger partial charge in [-0.05, 0) is 51.2 Å². The van der Waals surface area contributed by atoms with Gasteiger partial charge in [0, 0.05) is 6.20 Å². The lowest BCUT2D eigenvalue weighted by Gasteiger charge is -2.32. The minimum Gasteiger partial charge on any atom is -0.464 e. The van der Waals surface area contributed by atoms with E-state index in [1.807, 2.05) is 34.6 Å². The summed E-state index contributed by atoms with van der Waals surface area (Å²) in [6.45, 7) is 10.0. The fourth-order valence-electron chi connectivity index (χ4n) is 2.20. The predicted octanol–water partition coefficient (Wildman–Crippen LogP) is 1.73. The van der Waals surface area contributed by atoms with Gasteiger partial charge in [-0.1, -0.05) is 6.92 Å². The van der Waals surface area contributed by atoms with Crippen LogP contribution in [0.25, 0.3) is 0 Å². The van der Waals surface area contributed by atoms with Crippen LogP contribution in [-0.4, -0.2) is 36.4 Å². The van der Waals surface area contributed by atoms with Crippen molar-refractivity contribution in [2.24, 2.45) is 0 Å². The molecule has 0 aliphatic carbocycles. The zero-order valence-corrected chi connectivity index (χ0v) is 13.5. The lowest BCUT2D eigenvalue weighted by molar-refractivity contribution is 0.00578. The maximum Gasteiger partial charge on any atom is 0.495 e. The van der Waals surface area contributed by atoms with Crippen LogP contribution in [0.3, 0.4) is 0 Å². The highest BCUT2D eigenvalue weighted by molar-refractivity contribution is 6.62. The van der Waals surface area contributed by atoms with Gasteiger partial charge >= 0.3 is 13.1 Å². The van der Waals surface area contributed by atoms with E-state index in [1.54, 1.807) is 12.3 Å². The maximum absolute atomic E-state index is 11.7. The predicted molar refractivity (Wildman–Crippen MR) is 80.7 cm³/mol. The number of hydrogen-bond acceptors (Lipinski definition) is 5. The van der Waals surface area contributed by atoms with Crippen LogP contribution in [0.4, 0.5) is 0 Å². The molecule has 0 spiro atoms. The third-order valence-corrected chi connectivity index (χ3v) is 4.31. The van der Waals surface area contributed by atoms with E-state index in [0.717, 1.165) is 17.4 Å². The van der Waals surface area contributed by atoms with E-state index >= 15 is 0 Å². The number of rotatable bonds is 3. The Bertz CT molecular complexity index is 541. The van der Waals surface area contributed by atoms with Gasteiger partial charge in [-0.3, -0.25) is 0 Å². The molecule has 0 radical (unpaired) electrons. The second-order valence-electron chi connectivity index (χ2n) is 6.20. The summed E-state index contributed by atoms with van der Waals surface area (Å²) in [4.78, 5) is 15.8. The summed E-state index contributed by atoms with van der Waals surface area (Å²) in [5, 5.41) is 0. The highest BCUT2D eigenvalue weighted by Crippen LogP contribution is 2.36. The first-order valence-electron chi connectivity index (χ1n) is 7.14. The Balaban J connectivity index is 2.41. The number of methoxy groups -OCH3 is 1. The summed E-state index contributed by atoms with van der Waals surface area (Å²) in [5.41, 5.74) is 1.27. The summed E-state index contributed by atoms with van der Waals surface area (Å²) in [6.07, 6.45) is 2.47. The van der Waals surface area contributed by atoms with Crippen LogP contribution in [0, 0.1) is 0 Å². The van der Waals surface area contributed by atoms with E-state index in [4.69, 9.17) is 14.0 Å². The molecule has 5 nitrogen and oxygen atoms in total. The van der Waals surface area contributed by atoms with Gasteiger partial charge in [0.25, 0.3) is 0 Å². The smallest absolute Gasteiger partial charge is 0.464 e. The Morgan fingerprint density at radius 3 is 2.33 bits per heavy atom. The average molecular weight is 291 g/mol. The average Bonchev–Trinajstić information content (AvgIpc) is 2.65. The van der Waals surface area contributed by atoms with Gasteiger partial charge in [-0.2, -0.15) is 0 Å². The van der Waals surface area contributed by atoms with E-state index in [1.165, 1.54) is 7.11 Å². The summed E-state index contributed by atoms with van der Waals surface area (Å²) in [7, 11) is 0.836. The summed E-state index contributed by atoms with van der Waals surface area (Å²) in [5.74, 6) is -0.463. The fourth-order valence-corrected chi connectivity index (χ4v) is 2.20. The molecule has 6 heteroatoms. The Morgan fingerprint density at radius 2 is 1.86 bits per heavy atom. The summed E-state index contributed by atoms with van der Waals surface area (Å²) < 4.78 is 16.8. The molecule has 0 bridgehead atoms. The standard InChI is InChI=1S/C15H22BNO4/c1-7-10-9-17-12(13(18)19-6)8-11(10)16-20-14(2,3)15(4,5)21-16/h8-9H,7H2,1-6H3. The van der Waals surface area contributed by atoms with Crippen molar-refractivity contribution in [3.05, 3.63) is 23.5 Å². The van der Waals surface area contributed by atoms with Gasteiger partial charge in [0.05, 0.1) is 18.3 Å². The fraction of sp³-hybridized carbons (Fsp3) is 0.600. The Morgan fingerprint density at radius 1 is 1.29 bits per heavy atom. The molecule has 0 amide bonds. The molecule has 0 atom stereocenters. The van der Waals surface area contributed by atoms with Gasteiger partial charge in [-0.25, -0.2) is 9.78 Å². The Kier molecular flexibility index (Phi) is 4.13. The van der Waals surface area contributed by atoms with Crippen molar-refractivity contribution in [3.63, 3.8) is 0 Å². The molecule has 21 heavy (non-hydrogen) atoms. The first-order chi connectivity index (χ1) is 9.71. The second-order valence-corrected chi connectivity index (χ2v) is 6.20. The Hall–Kier alpha value is -1.40. The van der Waals surface area contributed by atoms with Crippen LogP contribution in [0.1, 0.15) is 50.7 Å². The molecule has 0 unspecified atom stereocenters. The second kappa shape index (κ2) is 5.42. The normalized spacial score (nSPS) is 19.6. The molecule has 0 aromatic carbocycles. The number of aromatic nitrogens is 1. The molecule has 0 N–H and O–H groups in total. The van der Waals surface area contributed by atoms with Crippen LogP contribution >= 0.6 is 0 Å². The highest BCUT2D eigenvalue weighted by Gasteiger charge is 2.52. The minimum absolute atomic E-state index is 0.263. The van der Waals surface area contributed by atoms with E-state index in [2.05, 4.69) is 4.98 Å². The zero-order valence-electron chi connectivity index (χ0n) is 13.5. The molecular weight excluding hydrogens is 269 g/mol. The lowest BCUT2D eigenvalue weighted by Crippen LogP contribution is -2.41.